The Morgan fingerprint density at radius 2 is 2.28 bits per heavy atom. The van der Waals surface area contributed by atoms with Crippen molar-refractivity contribution in [2.45, 2.75) is 24.5 Å². The van der Waals surface area contributed by atoms with E-state index in [0.29, 0.717) is 0 Å². The molecule has 0 amide bonds. The third-order valence-corrected chi connectivity index (χ3v) is 2.91. The highest BCUT2D eigenvalue weighted by Crippen LogP contribution is 2.29. The van der Waals surface area contributed by atoms with Crippen LogP contribution in [0.15, 0.2) is 21.9 Å². The third-order valence-electron chi connectivity index (χ3n) is 2.91. The second kappa shape index (κ2) is 5.02. The minimum Gasteiger partial charge on any atom is -0.394 e. The first-order chi connectivity index (χ1) is 8.60. The molecule has 1 aromatic heterocycles. The minimum atomic E-state index is -1.11. The van der Waals surface area contributed by atoms with E-state index >= 15 is 0 Å². The van der Waals surface area contributed by atoms with Gasteiger partial charge < -0.3 is 24.7 Å². The van der Waals surface area contributed by atoms with Crippen LogP contribution < -0.4 is 11.2 Å². The minimum absolute atomic E-state index is 0.434. The summed E-state index contributed by atoms with van der Waals surface area (Å²) in [6.07, 6.45) is -2.76. The van der Waals surface area contributed by atoms with E-state index in [0.717, 1.165) is 10.6 Å². The fraction of sp³-hybridized carbons (Fsp3) is 0.600. The average molecular weight is 258 g/mol. The first-order valence-corrected chi connectivity index (χ1v) is 5.37. The van der Waals surface area contributed by atoms with Gasteiger partial charge in [-0.05, 0) is 0 Å². The Morgan fingerprint density at radius 3 is 2.83 bits per heavy atom. The van der Waals surface area contributed by atoms with Crippen LogP contribution in [0.3, 0.4) is 0 Å². The Morgan fingerprint density at radius 1 is 1.56 bits per heavy atom. The highest BCUT2D eigenvalue weighted by Gasteiger charge is 2.45. The third kappa shape index (κ3) is 1.99. The van der Waals surface area contributed by atoms with Crippen LogP contribution in [-0.4, -0.2) is 51.8 Å². The van der Waals surface area contributed by atoms with Gasteiger partial charge in [0.15, 0.2) is 6.23 Å². The zero-order valence-corrected chi connectivity index (χ0v) is 9.65. The number of aliphatic hydroxyl groups excluding tert-OH is 2. The van der Waals surface area contributed by atoms with Crippen molar-refractivity contribution in [2.24, 2.45) is 0 Å². The Balaban J connectivity index is 2.44. The molecule has 0 aliphatic carbocycles. The van der Waals surface area contributed by atoms with Gasteiger partial charge in [-0.3, -0.25) is 4.79 Å². The molecule has 100 valence electrons. The SMILES string of the molecule is CO[C@H]1C(O)[C@@H](CO)O[C@H]1n1c(=O)cc[nH]c1=O. The fourth-order valence-corrected chi connectivity index (χ4v) is 2.01. The van der Waals surface area contributed by atoms with Crippen molar-refractivity contribution in [1.82, 2.24) is 9.55 Å². The maximum atomic E-state index is 11.7. The zero-order valence-electron chi connectivity index (χ0n) is 9.65. The molecule has 0 bridgehead atoms. The van der Waals surface area contributed by atoms with Gasteiger partial charge in [0, 0.05) is 19.4 Å². The zero-order chi connectivity index (χ0) is 13.3. The summed E-state index contributed by atoms with van der Waals surface area (Å²) in [5, 5.41) is 18.9. The summed E-state index contributed by atoms with van der Waals surface area (Å²) in [4.78, 5) is 25.6. The molecule has 8 nitrogen and oxygen atoms in total. The van der Waals surface area contributed by atoms with Crippen LogP contribution in [0.4, 0.5) is 0 Å². The number of hydrogen-bond donors (Lipinski definition) is 3. The van der Waals surface area contributed by atoms with E-state index in [2.05, 4.69) is 4.98 Å². The number of methoxy groups -OCH3 is 1. The number of ether oxygens (including phenoxy) is 2. The number of hydrogen-bond acceptors (Lipinski definition) is 6. The van der Waals surface area contributed by atoms with Crippen LogP contribution >= 0.6 is 0 Å². The van der Waals surface area contributed by atoms with Crippen LogP contribution in [0, 0.1) is 0 Å². The van der Waals surface area contributed by atoms with Crippen molar-refractivity contribution in [3.05, 3.63) is 33.1 Å². The van der Waals surface area contributed by atoms with Gasteiger partial charge in [0.2, 0.25) is 0 Å². The molecule has 0 radical (unpaired) electrons. The number of aromatic nitrogens is 2. The Labute approximate surface area is 101 Å². The molecular formula is C10H14N2O6. The van der Waals surface area contributed by atoms with Crippen molar-refractivity contribution in [3.63, 3.8) is 0 Å². The maximum Gasteiger partial charge on any atom is 0.330 e. The number of rotatable bonds is 3. The van der Waals surface area contributed by atoms with Gasteiger partial charge in [0.1, 0.15) is 18.3 Å². The van der Waals surface area contributed by atoms with Gasteiger partial charge in [-0.2, -0.15) is 0 Å². The first kappa shape index (κ1) is 13.0. The summed E-state index contributed by atoms with van der Waals surface area (Å²) in [5.74, 6) is 0. The van der Waals surface area contributed by atoms with E-state index in [1.165, 1.54) is 13.3 Å². The van der Waals surface area contributed by atoms with Gasteiger partial charge in [-0.25, -0.2) is 9.36 Å². The predicted molar refractivity (Wildman–Crippen MR) is 59.1 cm³/mol. The van der Waals surface area contributed by atoms with Crippen molar-refractivity contribution < 1.29 is 19.7 Å². The second-order valence-electron chi connectivity index (χ2n) is 3.93. The molecule has 1 saturated heterocycles. The fourth-order valence-electron chi connectivity index (χ4n) is 2.01. The Kier molecular flexibility index (Phi) is 3.62. The van der Waals surface area contributed by atoms with Crippen LogP contribution in [-0.2, 0) is 9.47 Å². The molecule has 8 heteroatoms. The van der Waals surface area contributed by atoms with Gasteiger partial charge >= 0.3 is 5.69 Å². The van der Waals surface area contributed by atoms with Crippen molar-refractivity contribution in [3.8, 4) is 0 Å². The lowest BCUT2D eigenvalue weighted by Gasteiger charge is -2.19. The summed E-state index contributed by atoms with van der Waals surface area (Å²) in [6, 6.07) is 1.16. The molecule has 4 atom stereocenters. The standard InChI is InChI=1S/C10H14N2O6/c1-17-8-7(15)5(4-13)18-9(8)12-6(14)2-3-11-10(12)16/h2-3,5,7-9,13,15H,4H2,1H3,(H,11,16)/t5-,7?,8+,9-/m1/s1. The van der Waals surface area contributed by atoms with E-state index in [1.54, 1.807) is 0 Å². The monoisotopic (exact) mass is 258 g/mol. The summed E-state index contributed by atoms with van der Waals surface area (Å²) >= 11 is 0. The van der Waals surface area contributed by atoms with Gasteiger partial charge in [-0.15, -0.1) is 0 Å². The first-order valence-electron chi connectivity index (χ1n) is 5.37. The Hall–Kier alpha value is -1.48. The lowest BCUT2D eigenvalue weighted by molar-refractivity contribution is -0.0640. The molecule has 1 aliphatic rings. The molecule has 2 heterocycles. The van der Waals surface area contributed by atoms with E-state index in [4.69, 9.17) is 14.6 Å². The molecule has 2 rings (SSSR count). The van der Waals surface area contributed by atoms with Crippen LogP contribution in [0.1, 0.15) is 6.23 Å². The Bertz CT molecular complexity index is 495. The number of nitrogens with zero attached hydrogens (tertiary/aromatic N) is 1. The highest BCUT2D eigenvalue weighted by molar-refractivity contribution is 4.93. The highest BCUT2D eigenvalue weighted by atomic mass is 16.6. The largest absolute Gasteiger partial charge is 0.394 e. The molecular weight excluding hydrogens is 244 g/mol. The van der Waals surface area contributed by atoms with Crippen LogP contribution in [0.5, 0.6) is 0 Å². The van der Waals surface area contributed by atoms with Gasteiger partial charge in [0.25, 0.3) is 5.56 Å². The molecule has 1 fully saturated rings. The van der Waals surface area contributed by atoms with Crippen molar-refractivity contribution in [2.75, 3.05) is 13.7 Å². The lowest BCUT2D eigenvalue weighted by Crippen LogP contribution is -2.42. The maximum absolute atomic E-state index is 11.7. The van der Waals surface area contributed by atoms with Gasteiger partial charge in [-0.1, -0.05) is 0 Å². The molecule has 3 N–H and O–H groups in total. The number of aliphatic hydroxyl groups is 2. The second-order valence-corrected chi connectivity index (χ2v) is 3.93. The van der Waals surface area contributed by atoms with Gasteiger partial charge in [0.05, 0.1) is 6.61 Å². The summed E-state index contributed by atoms with van der Waals surface area (Å²) in [5.41, 5.74) is -1.24. The summed E-state index contributed by atoms with van der Waals surface area (Å²) in [7, 11) is 1.33. The van der Waals surface area contributed by atoms with E-state index in [9.17, 15) is 14.7 Å². The average Bonchev–Trinajstić information content (AvgIpc) is 2.65. The van der Waals surface area contributed by atoms with Crippen LogP contribution in [0.25, 0.3) is 0 Å². The van der Waals surface area contributed by atoms with E-state index in [1.807, 2.05) is 0 Å². The number of nitrogens with one attached hydrogen (secondary N) is 1. The number of aromatic amines is 1. The molecule has 0 saturated carbocycles. The molecule has 18 heavy (non-hydrogen) atoms. The molecule has 1 aliphatic heterocycles. The normalized spacial score (nSPS) is 31.7. The van der Waals surface area contributed by atoms with Crippen molar-refractivity contribution in [1.29, 1.82) is 0 Å². The molecule has 1 aromatic rings. The van der Waals surface area contributed by atoms with E-state index in [-0.39, 0.29) is 0 Å². The summed E-state index contributed by atoms with van der Waals surface area (Å²) < 4.78 is 11.1. The lowest BCUT2D eigenvalue weighted by atomic mass is 10.1. The number of H-pyrrole nitrogens is 1. The van der Waals surface area contributed by atoms with E-state index < -0.39 is 42.4 Å². The van der Waals surface area contributed by atoms with Crippen molar-refractivity contribution >= 4 is 0 Å². The predicted octanol–water partition coefficient (Wildman–Crippen LogP) is -2.20. The molecule has 0 spiro atoms. The van der Waals surface area contributed by atoms with Crippen LogP contribution in [0.2, 0.25) is 0 Å². The smallest absolute Gasteiger partial charge is 0.330 e. The topological polar surface area (TPSA) is 114 Å². The molecule has 1 unspecified atom stereocenters. The quantitative estimate of drug-likeness (QED) is 0.567. The summed E-state index contributed by atoms with van der Waals surface area (Å²) in [6.45, 7) is -0.434. The molecule has 0 aromatic carbocycles.